The normalized spacial score (nSPS) is 13.1. The molecule has 0 aliphatic carbocycles. The van der Waals surface area contributed by atoms with Gasteiger partial charge in [0.1, 0.15) is 12.1 Å². The van der Waals surface area contributed by atoms with E-state index in [1.54, 1.807) is 0 Å². The van der Waals surface area contributed by atoms with Crippen LogP contribution in [0.2, 0.25) is 0 Å². The molecule has 30 heavy (non-hydrogen) atoms. The standard InChI is InChI=1S/C23H45N3O4/c1-4-5-6-7-8-9-10-11-12-16-20(27)26-21(18(2)3)22(28)25-19(23(29)30)15-13-14-17-24/h18-19,21H,4-17,24H2,1-3H3,(H,25,28)(H,26,27)(H,29,30)/t19-,21-/m0/s1. The Kier molecular flexibility index (Phi) is 17.2. The Balaban J connectivity index is 4.28. The van der Waals surface area contributed by atoms with E-state index in [0.29, 0.717) is 32.2 Å². The molecular weight excluding hydrogens is 382 g/mol. The largest absolute Gasteiger partial charge is 0.480 e. The minimum Gasteiger partial charge on any atom is -0.480 e. The first-order valence-electron chi connectivity index (χ1n) is 11.9. The van der Waals surface area contributed by atoms with Crippen LogP contribution in [0.25, 0.3) is 0 Å². The zero-order chi connectivity index (χ0) is 22.8. The number of nitrogens with two attached hydrogens (primary N) is 1. The second-order valence-corrected chi connectivity index (χ2v) is 8.55. The summed E-state index contributed by atoms with van der Waals surface area (Å²) in [6, 6.07) is -1.69. The van der Waals surface area contributed by atoms with Gasteiger partial charge in [-0.3, -0.25) is 9.59 Å². The van der Waals surface area contributed by atoms with Crippen molar-refractivity contribution in [2.24, 2.45) is 11.7 Å². The van der Waals surface area contributed by atoms with E-state index in [1.807, 2.05) is 13.8 Å². The quantitative estimate of drug-likeness (QED) is 0.234. The van der Waals surface area contributed by atoms with Crippen LogP contribution >= 0.6 is 0 Å². The number of carboxylic acid groups (broad SMARTS) is 1. The molecular formula is C23H45N3O4. The van der Waals surface area contributed by atoms with Gasteiger partial charge in [-0.05, 0) is 38.1 Å². The van der Waals surface area contributed by atoms with Gasteiger partial charge in [0.25, 0.3) is 0 Å². The summed E-state index contributed by atoms with van der Waals surface area (Å²) in [5.74, 6) is -1.79. The first kappa shape index (κ1) is 28.4. The molecule has 5 N–H and O–H groups in total. The average Bonchev–Trinajstić information content (AvgIpc) is 2.69. The Hall–Kier alpha value is -1.63. The molecule has 7 heteroatoms. The zero-order valence-corrected chi connectivity index (χ0v) is 19.4. The number of amides is 2. The molecule has 0 aromatic heterocycles. The highest BCUT2D eigenvalue weighted by atomic mass is 16.4. The van der Waals surface area contributed by atoms with E-state index in [1.165, 1.54) is 38.5 Å². The van der Waals surface area contributed by atoms with Crippen molar-refractivity contribution in [2.75, 3.05) is 6.54 Å². The number of hydrogen-bond acceptors (Lipinski definition) is 4. The lowest BCUT2D eigenvalue weighted by molar-refractivity contribution is -0.142. The first-order chi connectivity index (χ1) is 14.3. The molecule has 0 rings (SSSR count). The van der Waals surface area contributed by atoms with Crippen LogP contribution in [0.4, 0.5) is 0 Å². The van der Waals surface area contributed by atoms with Gasteiger partial charge in [0.15, 0.2) is 0 Å². The number of carbonyl (C=O) groups is 3. The second kappa shape index (κ2) is 18.2. The molecule has 0 aliphatic heterocycles. The third-order valence-corrected chi connectivity index (χ3v) is 5.33. The van der Waals surface area contributed by atoms with Crippen molar-refractivity contribution in [3.63, 3.8) is 0 Å². The summed E-state index contributed by atoms with van der Waals surface area (Å²) < 4.78 is 0. The van der Waals surface area contributed by atoms with E-state index < -0.39 is 24.0 Å². The highest BCUT2D eigenvalue weighted by molar-refractivity contribution is 5.90. The van der Waals surface area contributed by atoms with Crippen LogP contribution in [0.5, 0.6) is 0 Å². The predicted octanol–water partition coefficient (Wildman–Crippen LogP) is 3.75. The van der Waals surface area contributed by atoms with E-state index in [4.69, 9.17) is 5.73 Å². The lowest BCUT2D eigenvalue weighted by Crippen LogP contribution is -2.53. The molecule has 0 aliphatic rings. The minimum atomic E-state index is -1.07. The maximum atomic E-state index is 12.6. The van der Waals surface area contributed by atoms with Crippen LogP contribution in [0.1, 0.15) is 104 Å². The Labute approximate surface area is 182 Å². The summed E-state index contributed by atoms with van der Waals surface area (Å²) >= 11 is 0. The smallest absolute Gasteiger partial charge is 0.326 e. The molecule has 0 spiro atoms. The molecule has 0 bridgehead atoms. The maximum Gasteiger partial charge on any atom is 0.326 e. The van der Waals surface area contributed by atoms with E-state index >= 15 is 0 Å². The molecule has 2 amide bonds. The van der Waals surface area contributed by atoms with Crippen molar-refractivity contribution in [3.05, 3.63) is 0 Å². The zero-order valence-electron chi connectivity index (χ0n) is 19.4. The third kappa shape index (κ3) is 14.4. The first-order valence-corrected chi connectivity index (χ1v) is 11.9. The van der Waals surface area contributed by atoms with Crippen molar-refractivity contribution in [1.82, 2.24) is 10.6 Å². The van der Waals surface area contributed by atoms with Crippen LogP contribution < -0.4 is 16.4 Å². The SMILES string of the molecule is CCCCCCCCCCCC(=O)N[C@H](C(=O)N[C@@H](CCCCN)C(=O)O)C(C)C. The van der Waals surface area contributed by atoms with Gasteiger partial charge in [-0.1, -0.05) is 72.1 Å². The highest BCUT2D eigenvalue weighted by Crippen LogP contribution is 2.11. The Bertz CT molecular complexity index is 483. The molecule has 0 saturated carbocycles. The van der Waals surface area contributed by atoms with Crippen molar-refractivity contribution < 1.29 is 19.5 Å². The fourth-order valence-corrected chi connectivity index (χ4v) is 3.39. The van der Waals surface area contributed by atoms with E-state index in [9.17, 15) is 19.5 Å². The van der Waals surface area contributed by atoms with E-state index in [-0.39, 0.29) is 11.8 Å². The molecule has 2 atom stereocenters. The summed E-state index contributed by atoms with van der Waals surface area (Å²) in [5.41, 5.74) is 5.44. The molecule has 0 heterocycles. The fraction of sp³-hybridized carbons (Fsp3) is 0.870. The Morgan fingerprint density at radius 1 is 0.833 bits per heavy atom. The number of aliphatic carboxylic acids is 1. The third-order valence-electron chi connectivity index (χ3n) is 5.33. The van der Waals surface area contributed by atoms with Crippen LogP contribution in [-0.4, -0.2) is 41.5 Å². The number of rotatable bonds is 19. The molecule has 176 valence electrons. The Morgan fingerprint density at radius 3 is 1.90 bits per heavy atom. The molecule has 0 unspecified atom stereocenters. The van der Waals surface area contributed by atoms with Gasteiger partial charge in [0, 0.05) is 6.42 Å². The summed E-state index contributed by atoms with van der Waals surface area (Å²) in [5, 5.41) is 14.7. The molecule has 0 aromatic carbocycles. The van der Waals surface area contributed by atoms with Crippen molar-refractivity contribution >= 4 is 17.8 Å². The van der Waals surface area contributed by atoms with Crippen LogP contribution in [0.3, 0.4) is 0 Å². The summed E-state index contributed by atoms with van der Waals surface area (Å²) in [7, 11) is 0. The molecule has 0 fully saturated rings. The molecule has 7 nitrogen and oxygen atoms in total. The summed E-state index contributed by atoms with van der Waals surface area (Å²) in [6.45, 7) is 6.39. The Morgan fingerprint density at radius 2 is 1.40 bits per heavy atom. The van der Waals surface area contributed by atoms with Crippen LogP contribution in [0, 0.1) is 5.92 Å². The van der Waals surface area contributed by atoms with Gasteiger partial charge < -0.3 is 21.5 Å². The molecule has 0 aromatic rings. The van der Waals surface area contributed by atoms with Gasteiger partial charge in [0.2, 0.25) is 11.8 Å². The van der Waals surface area contributed by atoms with Gasteiger partial charge in [-0.25, -0.2) is 4.79 Å². The van der Waals surface area contributed by atoms with Crippen LogP contribution in [0.15, 0.2) is 0 Å². The van der Waals surface area contributed by atoms with Crippen molar-refractivity contribution in [2.45, 2.75) is 116 Å². The monoisotopic (exact) mass is 427 g/mol. The van der Waals surface area contributed by atoms with Gasteiger partial charge in [-0.15, -0.1) is 0 Å². The van der Waals surface area contributed by atoms with Crippen molar-refractivity contribution in [3.8, 4) is 0 Å². The lowest BCUT2D eigenvalue weighted by Gasteiger charge is -2.24. The van der Waals surface area contributed by atoms with Crippen LogP contribution in [-0.2, 0) is 14.4 Å². The number of nitrogens with one attached hydrogen (secondary N) is 2. The topological polar surface area (TPSA) is 122 Å². The number of carbonyl (C=O) groups excluding carboxylic acids is 2. The van der Waals surface area contributed by atoms with E-state index in [2.05, 4.69) is 17.6 Å². The average molecular weight is 428 g/mol. The van der Waals surface area contributed by atoms with Crippen molar-refractivity contribution in [1.29, 1.82) is 0 Å². The minimum absolute atomic E-state index is 0.129. The van der Waals surface area contributed by atoms with Gasteiger partial charge in [-0.2, -0.15) is 0 Å². The summed E-state index contributed by atoms with van der Waals surface area (Å²) in [6.07, 6.45) is 12.7. The summed E-state index contributed by atoms with van der Waals surface area (Å²) in [4.78, 5) is 36.3. The predicted molar refractivity (Wildman–Crippen MR) is 121 cm³/mol. The lowest BCUT2D eigenvalue weighted by atomic mass is 10.0. The van der Waals surface area contributed by atoms with E-state index in [0.717, 1.165) is 19.3 Å². The number of hydrogen-bond donors (Lipinski definition) is 4. The number of unbranched alkanes of at least 4 members (excludes halogenated alkanes) is 9. The number of carboxylic acids is 1. The molecule has 0 radical (unpaired) electrons. The fourth-order valence-electron chi connectivity index (χ4n) is 3.39. The molecule has 0 saturated heterocycles. The van der Waals surface area contributed by atoms with Gasteiger partial charge in [0.05, 0.1) is 0 Å². The second-order valence-electron chi connectivity index (χ2n) is 8.55. The van der Waals surface area contributed by atoms with Gasteiger partial charge >= 0.3 is 5.97 Å². The maximum absolute atomic E-state index is 12.6. The highest BCUT2D eigenvalue weighted by Gasteiger charge is 2.28.